The minimum absolute atomic E-state index is 0.0873. The van der Waals surface area contributed by atoms with Crippen LogP contribution in [0, 0.1) is 0 Å². The lowest BCUT2D eigenvalue weighted by Crippen LogP contribution is -2.35. The van der Waals surface area contributed by atoms with E-state index in [-0.39, 0.29) is 29.8 Å². The van der Waals surface area contributed by atoms with Gasteiger partial charge in [-0.2, -0.15) is 0 Å². The second-order valence-electron chi connectivity index (χ2n) is 8.13. The molecule has 9 nitrogen and oxygen atoms in total. The number of aromatic nitrogens is 2. The highest BCUT2D eigenvalue weighted by Gasteiger charge is 2.14. The molecule has 2 aromatic carbocycles. The van der Waals surface area contributed by atoms with E-state index in [1.807, 2.05) is 60.7 Å². The van der Waals surface area contributed by atoms with Gasteiger partial charge in [0, 0.05) is 19.6 Å². The van der Waals surface area contributed by atoms with Gasteiger partial charge in [-0.3, -0.25) is 19.1 Å². The highest BCUT2D eigenvalue weighted by atomic mass is 16.2. The summed E-state index contributed by atoms with van der Waals surface area (Å²) in [6, 6.07) is 19.5. The molecular weight excluding hydrogens is 442 g/mol. The molecule has 0 aliphatic rings. The van der Waals surface area contributed by atoms with Crippen LogP contribution < -0.4 is 27.7 Å². The molecule has 0 unspecified atom stereocenters. The van der Waals surface area contributed by atoms with Gasteiger partial charge in [-0.1, -0.05) is 60.7 Å². The molecule has 0 aliphatic carbocycles. The summed E-state index contributed by atoms with van der Waals surface area (Å²) in [4.78, 5) is 34.2. The Hall–Kier alpha value is -4.14. The van der Waals surface area contributed by atoms with Crippen molar-refractivity contribution in [2.75, 3.05) is 25.0 Å². The number of carbonyl (C=O) groups excluding carboxylic acids is 1. The predicted molar refractivity (Wildman–Crippen MR) is 140 cm³/mol. The minimum atomic E-state index is -0.327. The molecule has 1 heterocycles. The number of carbonyl (C=O) groups is 1. The van der Waals surface area contributed by atoms with E-state index < -0.39 is 0 Å². The van der Waals surface area contributed by atoms with Crippen LogP contribution in [0.1, 0.15) is 24.8 Å². The highest BCUT2D eigenvalue weighted by Crippen LogP contribution is 2.17. The fraction of sp³-hybridized carbons (Fsp3) is 0.308. The van der Waals surface area contributed by atoms with Gasteiger partial charge in [0.25, 0.3) is 5.56 Å². The first-order chi connectivity index (χ1) is 17.0. The van der Waals surface area contributed by atoms with Crippen molar-refractivity contribution >= 4 is 17.7 Å². The van der Waals surface area contributed by atoms with Crippen LogP contribution in [0.4, 0.5) is 5.82 Å². The standard InChI is InChI=1S/C26H33N7O2/c27-26(28)31-16-9-3-8-15-29-23(34)19-33-22(21-12-6-2-7-13-21)18-32-24(25(33)35)30-17-14-20-10-4-1-5-11-20/h1-2,4-7,10-13,18H,3,8-9,14-17,19H2,(H,29,34)(H,30,32)(H4,27,28,31). The van der Waals surface area contributed by atoms with Gasteiger partial charge in [0.05, 0.1) is 11.9 Å². The number of unbranched alkanes of at least 4 members (excludes halogenated alkanes) is 2. The molecule has 35 heavy (non-hydrogen) atoms. The van der Waals surface area contributed by atoms with E-state index in [9.17, 15) is 9.59 Å². The van der Waals surface area contributed by atoms with Crippen LogP contribution in [-0.4, -0.2) is 41.1 Å². The number of anilines is 1. The molecule has 0 fully saturated rings. The third-order valence-electron chi connectivity index (χ3n) is 5.43. The number of hydrogen-bond donors (Lipinski definition) is 4. The molecule has 0 atom stereocenters. The minimum Gasteiger partial charge on any atom is -0.370 e. The van der Waals surface area contributed by atoms with E-state index in [2.05, 4.69) is 20.6 Å². The third kappa shape index (κ3) is 8.29. The van der Waals surface area contributed by atoms with E-state index in [4.69, 9.17) is 11.5 Å². The van der Waals surface area contributed by atoms with Gasteiger partial charge in [-0.05, 0) is 36.8 Å². The van der Waals surface area contributed by atoms with Crippen LogP contribution in [-0.2, 0) is 17.8 Å². The predicted octanol–water partition coefficient (Wildman–Crippen LogP) is 2.12. The molecule has 3 rings (SSSR count). The Labute approximate surface area is 205 Å². The number of benzene rings is 2. The zero-order chi connectivity index (χ0) is 24.9. The first kappa shape index (κ1) is 25.5. The number of hydrogen-bond acceptors (Lipinski definition) is 5. The number of amides is 1. The van der Waals surface area contributed by atoms with Crippen LogP contribution in [0.2, 0.25) is 0 Å². The molecule has 1 amide bonds. The molecule has 0 bridgehead atoms. The summed E-state index contributed by atoms with van der Waals surface area (Å²) in [5.74, 6) is 0.0901. The average Bonchev–Trinajstić information content (AvgIpc) is 2.86. The Morgan fingerprint density at radius 2 is 1.66 bits per heavy atom. The summed E-state index contributed by atoms with van der Waals surface area (Å²) >= 11 is 0. The van der Waals surface area contributed by atoms with Gasteiger partial charge in [0.15, 0.2) is 11.8 Å². The van der Waals surface area contributed by atoms with E-state index in [0.29, 0.717) is 25.3 Å². The van der Waals surface area contributed by atoms with Gasteiger partial charge in [-0.15, -0.1) is 0 Å². The van der Waals surface area contributed by atoms with Crippen LogP contribution in [0.15, 0.2) is 76.6 Å². The Bertz CT molecular complexity index is 1160. The molecule has 184 valence electrons. The smallest absolute Gasteiger partial charge is 0.294 e. The first-order valence-electron chi connectivity index (χ1n) is 11.8. The lowest BCUT2D eigenvalue weighted by Gasteiger charge is -2.15. The Morgan fingerprint density at radius 3 is 2.37 bits per heavy atom. The Balaban J connectivity index is 1.65. The second-order valence-corrected chi connectivity index (χ2v) is 8.13. The van der Waals surface area contributed by atoms with Crippen molar-refractivity contribution in [1.82, 2.24) is 14.9 Å². The molecule has 0 aliphatic heterocycles. The second kappa shape index (κ2) is 13.5. The number of nitrogens with zero attached hydrogens (tertiary/aromatic N) is 3. The van der Waals surface area contributed by atoms with Crippen LogP contribution in [0.5, 0.6) is 0 Å². The average molecular weight is 476 g/mol. The zero-order valence-electron chi connectivity index (χ0n) is 19.8. The maximum absolute atomic E-state index is 13.3. The number of nitrogens with one attached hydrogen (secondary N) is 2. The summed E-state index contributed by atoms with van der Waals surface area (Å²) in [6.45, 7) is 1.56. The molecule has 9 heteroatoms. The van der Waals surface area contributed by atoms with Crippen molar-refractivity contribution in [2.24, 2.45) is 16.5 Å². The topological polar surface area (TPSA) is 140 Å². The Morgan fingerprint density at radius 1 is 0.943 bits per heavy atom. The lowest BCUT2D eigenvalue weighted by atomic mass is 10.1. The van der Waals surface area contributed by atoms with E-state index in [1.54, 1.807) is 6.20 Å². The summed E-state index contributed by atoms with van der Waals surface area (Å²) in [5, 5.41) is 6.03. The third-order valence-corrected chi connectivity index (χ3v) is 5.43. The fourth-order valence-corrected chi connectivity index (χ4v) is 3.62. The maximum Gasteiger partial charge on any atom is 0.294 e. The largest absolute Gasteiger partial charge is 0.370 e. The van der Waals surface area contributed by atoms with Crippen LogP contribution in [0.3, 0.4) is 0 Å². The fourth-order valence-electron chi connectivity index (χ4n) is 3.62. The van der Waals surface area contributed by atoms with Gasteiger partial charge in [0.1, 0.15) is 6.54 Å². The summed E-state index contributed by atoms with van der Waals surface area (Å²) < 4.78 is 1.47. The highest BCUT2D eigenvalue weighted by molar-refractivity contribution is 5.77. The van der Waals surface area contributed by atoms with Crippen molar-refractivity contribution < 1.29 is 4.79 Å². The zero-order valence-corrected chi connectivity index (χ0v) is 19.8. The summed E-state index contributed by atoms with van der Waals surface area (Å²) in [5.41, 5.74) is 12.9. The molecule has 3 aromatic rings. The van der Waals surface area contributed by atoms with Crippen molar-refractivity contribution in [3.63, 3.8) is 0 Å². The molecule has 0 saturated heterocycles. The monoisotopic (exact) mass is 475 g/mol. The van der Waals surface area contributed by atoms with Gasteiger partial charge < -0.3 is 22.1 Å². The van der Waals surface area contributed by atoms with Crippen molar-refractivity contribution in [2.45, 2.75) is 32.2 Å². The molecule has 0 saturated carbocycles. The lowest BCUT2D eigenvalue weighted by molar-refractivity contribution is -0.121. The maximum atomic E-state index is 13.3. The molecule has 6 N–H and O–H groups in total. The van der Waals surface area contributed by atoms with Crippen molar-refractivity contribution in [1.29, 1.82) is 0 Å². The van der Waals surface area contributed by atoms with Gasteiger partial charge in [-0.25, -0.2) is 4.98 Å². The molecular formula is C26H33N7O2. The number of guanidine groups is 1. The van der Waals surface area contributed by atoms with E-state index in [1.165, 1.54) is 10.1 Å². The summed E-state index contributed by atoms with van der Waals surface area (Å²) in [6.07, 6.45) is 4.92. The van der Waals surface area contributed by atoms with E-state index in [0.717, 1.165) is 31.2 Å². The number of aliphatic imine (C=N–C) groups is 1. The number of rotatable bonds is 13. The number of nitrogens with two attached hydrogens (primary N) is 2. The molecule has 0 spiro atoms. The SMILES string of the molecule is NC(N)=NCCCCCNC(=O)Cn1c(-c2ccccc2)cnc(NCCc2ccccc2)c1=O. The Kier molecular flexibility index (Phi) is 9.86. The first-order valence-corrected chi connectivity index (χ1v) is 11.8. The van der Waals surface area contributed by atoms with Crippen molar-refractivity contribution in [3.8, 4) is 11.3 Å². The van der Waals surface area contributed by atoms with Crippen molar-refractivity contribution in [3.05, 3.63) is 82.8 Å². The van der Waals surface area contributed by atoms with Gasteiger partial charge >= 0.3 is 0 Å². The van der Waals surface area contributed by atoms with Crippen LogP contribution >= 0.6 is 0 Å². The molecule has 1 aromatic heterocycles. The normalized spacial score (nSPS) is 10.5. The molecule has 0 radical (unpaired) electrons. The van der Waals surface area contributed by atoms with Crippen LogP contribution in [0.25, 0.3) is 11.3 Å². The summed E-state index contributed by atoms with van der Waals surface area (Å²) in [7, 11) is 0. The van der Waals surface area contributed by atoms with E-state index >= 15 is 0 Å². The quantitative estimate of drug-likeness (QED) is 0.170. The van der Waals surface area contributed by atoms with Gasteiger partial charge in [0.2, 0.25) is 5.91 Å².